The van der Waals surface area contributed by atoms with Gasteiger partial charge in [-0.1, -0.05) is 24.3 Å². The molecule has 0 amide bonds. The van der Waals surface area contributed by atoms with Crippen LogP contribution in [0.1, 0.15) is 22.7 Å². The van der Waals surface area contributed by atoms with E-state index in [0.717, 1.165) is 22.4 Å². The van der Waals surface area contributed by atoms with Gasteiger partial charge in [0, 0.05) is 0 Å². The average molecular weight is 259 g/mol. The predicted octanol–water partition coefficient (Wildman–Crippen LogP) is 3.45. The van der Waals surface area contributed by atoms with Crippen LogP contribution in [0.5, 0.6) is 5.75 Å². The van der Waals surface area contributed by atoms with Crippen LogP contribution >= 0.6 is 0 Å². The number of halogens is 1. The molecule has 0 aliphatic carbocycles. The number of rotatable bonds is 4. The summed E-state index contributed by atoms with van der Waals surface area (Å²) in [5.41, 5.74) is 3.21. The molecule has 0 saturated heterocycles. The third kappa shape index (κ3) is 2.93. The van der Waals surface area contributed by atoms with Crippen molar-refractivity contribution >= 4 is 0 Å². The van der Waals surface area contributed by atoms with Crippen LogP contribution in [0.4, 0.5) is 4.39 Å². The molecule has 0 radical (unpaired) electrons. The molecular weight excluding hydrogens is 241 g/mol. The molecule has 0 spiro atoms. The minimum atomic E-state index is -0.222. The Bertz CT molecular complexity index is 551. The number of methoxy groups -OCH3 is 1. The molecule has 0 bridgehead atoms. The van der Waals surface area contributed by atoms with Crippen molar-refractivity contribution in [2.45, 2.75) is 13.0 Å². The molecule has 1 atom stereocenters. The van der Waals surface area contributed by atoms with Crippen LogP contribution in [-0.4, -0.2) is 14.2 Å². The normalized spacial score (nSPS) is 12.2. The summed E-state index contributed by atoms with van der Waals surface area (Å²) < 4.78 is 18.3. The molecule has 0 aliphatic rings. The highest BCUT2D eigenvalue weighted by atomic mass is 19.1. The Morgan fingerprint density at radius 2 is 1.68 bits per heavy atom. The van der Waals surface area contributed by atoms with E-state index in [2.05, 4.69) is 11.4 Å². The fourth-order valence-electron chi connectivity index (χ4n) is 2.20. The van der Waals surface area contributed by atoms with Crippen molar-refractivity contribution in [3.05, 3.63) is 65.0 Å². The monoisotopic (exact) mass is 259 g/mol. The molecule has 0 heterocycles. The average Bonchev–Trinajstić information content (AvgIpc) is 2.43. The summed E-state index contributed by atoms with van der Waals surface area (Å²) in [6, 6.07) is 12.7. The Labute approximate surface area is 113 Å². The number of hydrogen-bond acceptors (Lipinski definition) is 2. The number of hydrogen-bond donors (Lipinski definition) is 1. The zero-order valence-corrected chi connectivity index (χ0v) is 11.4. The van der Waals surface area contributed by atoms with E-state index in [1.165, 1.54) is 12.1 Å². The number of aryl methyl sites for hydroxylation is 1. The summed E-state index contributed by atoms with van der Waals surface area (Å²) in [6.07, 6.45) is 0. The fraction of sp³-hybridized carbons (Fsp3) is 0.250. The van der Waals surface area contributed by atoms with Gasteiger partial charge in [-0.3, -0.25) is 0 Å². The van der Waals surface area contributed by atoms with E-state index in [-0.39, 0.29) is 11.9 Å². The summed E-state index contributed by atoms with van der Waals surface area (Å²) in [5.74, 6) is 0.639. The highest BCUT2D eigenvalue weighted by molar-refractivity contribution is 5.41. The second-order valence-corrected chi connectivity index (χ2v) is 4.50. The van der Waals surface area contributed by atoms with Crippen molar-refractivity contribution in [2.24, 2.45) is 0 Å². The minimum Gasteiger partial charge on any atom is -0.496 e. The molecule has 1 N–H and O–H groups in total. The van der Waals surface area contributed by atoms with Crippen molar-refractivity contribution in [2.75, 3.05) is 14.2 Å². The maximum absolute atomic E-state index is 13.0. The molecule has 1 unspecified atom stereocenters. The minimum absolute atomic E-state index is 0.0232. The van der Waals surface area contributed by atoms with E-state index in [1.54, 1.807) is 19.2 Å². The number of benzene rings is 2. The second kappa shape index (κ2) is 5.85. The first-order valence-corrected chi connectivity index (χ1v) is 6.23. The topological polar surface area (TPSA) is 21.3 Å². The largest absolute Gasteiger partial charge is 0.496 e. The van der Waals surface area contributed by atoms with E-state index in [1.807, 2.05) is 26.1 Å². The van der Waals surface area contributed by atoms with E-state index >= 15 is 0 Å². The van der Waals surface area contributed by atoms with Crippen LogP contribution in [0, 0.1) is 12.7 Å². The zero-order valence-electron chi connectivity index (χ0n) is 11.4. The van der Waals surface area contributed by atoms with Gasteiger partial charge in [0.15, 0.2) is 0 Å². The van der Waals surface area contributed by atoms with Crippen LogP contribution in [0.15, 0.2) is 42.5 Å². The molecule has 19 heavy (non-hydrogen) atoms. The Hall–Kier alpha value is -1.87. The first-order valence-electron chi connectivity index (χ1n) is 6.23. The van der Waals surface area contributed by atoms with Crippen molar-refractivity contribution < 1.29 is 9.13 Å². The molecule has 3 heteroatoms. The summed E-state index contributed by atoms with van der Waals surface area (Å²) in [6.45, 7) is 2.01. The molecule has 100 valence electrons. The van der Waals surface area contributed by atoms with E-state index in [9.17, 15) is 4.39 Å². The summed E-state index contributed by atoms with van der Waals surface area (Å²) >= 11 is 0. The van der Waals surface area contributed by atoms with Gasteiger partial charge < -0.3 is 10.1 Å². The zero-order chi connectivity index (χ0) is 13.8. The van der Waals surface area contributed by atoms with E-state index in [0.29, 0.717) is 0 Å². The molecule has 2 rings (SSSR count). The van der Waals surface area contributed by atoms with Crippen LogP contribution in [0.2, 0.25) is 0 Å². The Morgan fingerprint density at radius 3 is 2.26 bits per heavy atom. The second-order valence-electron chi connectivity index (χ2n) is 4.50. The Balaban J connectivity index is 2.39. The Morgan fingerprint density at radius 1 is 1.05 bits per heavy atom. The number of nitrogens with one attached hydrogen (secondary N) is 1. The fourth-order valence-corrected chi connectivity index (χ4v) is 2.20. The van der Waals surface area contributed by atoms with Crippen molar-refractivity contribution in [1.29, 1.82) is 0 Å². The van der Waals surface area contributed by atoms with Crippen LogP contribution in [-0.2, 0) is 0 Å². The number of ether oxygens (including phenoxy) is 1. The van der Waals surface area contributed by atoms with Crippen molar-refractivity contribution in [3.63, 3.8) is 0 Å². The van der Waals surface area contributed by atoms with Gasteiger partial charge in [-0.25, -0.2) is 4.39 Å². The van der Waals surface area contributed by atoms with Gasteiger partial charge in [0.2, 0.25) is 0 Å². The van der Waals surface area contributed by atoms with Crippen molar-refractivity contribution in [1.82, 2.24) is 5.32 Å². The summed E-state index contributed by atoms with van der Waals surface area (Å²) in [7, 11) is 3.55. The van der Waals surface area contributed by atoms with Gasteiger partial charge in [-0.2, -0.15) is 0 Å². The van der Waals surface area contributed by atoms with Crippen LogP contribution in [0.3, 0.4) is 0 Å². The van der Waals surface area contributed by atoms with Gasteiger partial charge in [-0.15, -0.1) is 0 Å². The molecular formula is C16H18FNO. The van der Waals surface area contributed by atoms with Crippen LogP contribution in [0.25, 0.3) is 0 Å². The van der Waals surface area contributed by atoms with E-state index < -0.39 is 0 Å². The van der Waals surface area contributed by atoms with E-state index in [4.69, 9.17) is 4.74 Å². The third-order valence-electron chi connectivity index (χ3n) is 3.26. The highest BCUT2D eigenvalue weighted by Gasteiger charge is 2.13. The lowest BCUT2D eigenvalue weighted by molar-refractivity contribution is 0.410. The maximum Gasteiger partial charge on any atom is 0.123 e. The highest BCUT2D eigenvalue weighted by Crippen LogP contribution is 2.27. The summed E-state index contributed by atoms with van der Waals surface area (Å²) in [4.78, 5) is 0. The van der Waals surface area contributed by atoms with Gasteiger partial charge in [0.05, 0.1) is 13.2 Å². The van der Waals surface area contributed by atoms with Gasteiger partial charge >= 0.3 is 0 Å². The van der Waals surface area contributed by atoms with Crippen LogP contribution < -0.4 is 10.1 Å². The molecule has 2 aromatic rings. The summed E-state index contributed by atoms with van der Waals surface area (Å²) in [5, 5.41) is 3.25. The lowest BCUT2D eigenvalue weighted by Crippen LogP contribution is -2.17. The standard InChI is InChI=1S/C16H18FNO/c1-11-4-5-13(10-15(11)19-3)16(18-2)12-6-8-14(17)9-7-12/h4-10,16,18H,1-3H3. The molecule has 2 nitrogen and oxygen atoms in total. The van der Waals surface area contributed by atoms with Gasteiger partial charge in [0.1, 0.15) is 11.6 Å². The maximum atomic E-state index is 13.0. The molecule has 0 aliphatic heterocycles. The third-order valence-corrected chi connectivity index (χ3v) is 3.26. The first-order chi connectivity index (χ1) is 9.15. The first kappa shape index (κ1) is 13.6. The SMILES string of the molecule is CNC(c1ccc(F)cc1)c1ccc(C)c(OC)c1. The smallest absolute Gasteiger partial charge is 0.123 e. The van der Waals surface area contributed by atoms with Crippen molar-refractivity contribution in [3.8, 4) is 5.75 Å². The van der Waals surface area contributed by atoms with Gasteiger partial charge in [-0.05, 0) is 48.9 Å². The van der Waals surface area contributed by atoms with Gasteiger partial charge in [0.25, 0.3) is 0 Å². The molecule has 2 aromatic carbocycles. The quantitative estimate of drug-likeness (QED) is 0.908. The molecule has 0 saturated carbocycles. The molecule has 0 fully saturated rings. The lowest BCUT2D eigenvalue weighted by atomic mass is 9.97. The Kier molecular flexibility index (Phi) is 4.17. The predicted molar refractivity (Wildman–Crippen MR) is 75.0 cm³/mol. The molecule has 0 aromatic heterocycles. The lowest BCUT2D eigenvalue weighted by Gasteiger charge is -2.18.